The number of aliphatic hydroxyl groups excluding tert-OH is 1. The summed E-state index contributed by atoms with van der Waals surface area (Å²) in [5.74, 6) is 0.855. The number of morpholine rings is 1. The minimum atomic E-state index is -0.310. The second-order valence-corrected chi connectivity index (χ2v) is 7.12. The number of aromatic nitrogens is 2. The van der Waals surface area contributed by atoms with Crippen LogP contribution in [-0.4, -0.2) is 76.0 Å². The third kappa shape index (κ3) is 3.73. The van der Waals surface area contributed by atoms with Gasteiger partial charge in [-0.1, -0.05) is 11.6 Å². The molecule has 134 valence electrons. The van der Waals surface area contributed by atoms with Gasteiger partial charge in [0.1, 0.15) is 5.82 Å². The lowest BCUT2D eigenvalue weighted by atomic mass is 10.2. The standard InChI is InChI=1S/C18H23ClN4O2/c19-14-3-4-18(20-10-14)23-5-1-2-15(23)11-21-12-16(17(24)13-21)22-6-8-25-9-7-22/h1-5,10,16-17,24H,6-9,11-13H2/t16-,17-/m0/s1. The molecule has 0 amide bonds. The molecule has 2 atom stereocenters. The van der Waals surface area contributed by atoms with Crippen LogP contribution in [0, 0.1) is 0 Å². The molecule has 0 spiro atoms. The van der Waals surface area contributed by atoms with Crippen LogP contribution in [-0.2, 0) is 11.3 Å². The molecule has 0 aliphatic carbocycles. The highest BCUT2D eigenvalue weighted by atomic mass is 35.5. The van der Waals surface area contributed by atoms with Crippen LogP contribution in [0.15, 0.2) is 36.7 Å². The molecule has 0 aromatic carbocycles. The third-order valence-electron chi connectivity index (χ3n) is 5.03. The van der Waals surface area contributed by atoms with Gasteiger partial charge in [0, 0.05) is 56.9 Å². The van der Waals surface area contributed by atoms with Gasteiger partial charge in [-0.25, -0.2) is 4.98 Å². The number of hydrogen-bond donors (Lipinski definition) is 1. The van der Waals surface area contributed by atoms with Crippen molar-refractivity contribution < 1.29 is 9.84 Å². The Balaban J connectivity index is 1.45. The van der Waals surface area contributed by atoms with Gasteiger partial charge in [0.2, 0.25) is 0 Å². The van der Waals surface area contributed by atoms with Gasteiger partial charge in [-0.3, -0.25) is 9.80 Å². The molecule has 2 aromatic rings. The van der Waals surface area contributed by atoms with E-state index in [0.717, 1.165) is 50.9 Å². The number of hydrogen-bond acceptors (Lipinski definition) is 5. The molecular formula is C18H23ClN4O2. The van der Waals surface area contributed by atoms with Crippen molar-refractivity contribution in [1.29, 1.82) is 0 Å². The number of pyridine rings is 1. The van der Waals surface area contributed by atoms with Crippen molar-refractivity contribution in [2.45, 2.75) is 18.7 Å². The lowest BCUT2D eigenvalue weighted by Crippen LogP contribution is -2.48. The van der Waals surface area contributed by atoms with Crippen LogP contribution in [0.4, 0.5) is 0 Å². The molecule has 2 fully saturated rings. The van der Waals surface area contributed by atoms with Crippen molar-refractivity contribution in [3.05, 3.63) is 47.4 Å². The molecule has 4 rings (SSSR count). The summed E-state index contributed by atoms with van der Waals surface area (Å²) in [4.78, 5) is 9.07. The first kappa shape index (κ1) is 17.0. The van der Waals surface area contributed by atoms with Gasteiger partial charge in [0.05, 0.1) is 24.3 Å². The summed E-state index contributed by atoms with van der Waals surface area (Å²) in [5, 5.41) is 11.1. The zero-order valence-electron chi connectivity index (χ0n) is 14.1. The van der Waals surface area contributed by atoms with E-state index in [-0.39, 0.29) is 12.1 Å². The molecule has 2 saturated heterocycles. The van der Waals surface area contributed by atoms with E-state index >= 15 is 0 Å². The normalized spacial score (nSPS) is 25.5. The van der Waals surface area contributed by atoms with Gasteiger partial charge in [0.15, 0.2) is 0 Å². The average molecular weight is 363 g/mol. The van der Waals surface area contributed by atoms with Crippen LogP contribution >= 0.6 is 11.6 Å². The molecule has 0 unspecified atom stereocenters. The van der Waals surface area contributed by atoms with Gasteiger partial charge < -0.3 is 14.4 Å². The fourth-order valence-electron chi connectivity index (χ4n) is 3.75. The molecule has 0 saturated carbocycles. The number of likely N-dealkylation sites (tertiary alicyclic amines) is 1. The van der Waals surface area contributed by atoms with Crippen molar-refractivity contribution >= 4 is 11.6 Å². The van der Waals surface area contributed by atoms with Gasteiger partial charge in [-0.15, -0.1) is 0 Å². The Hall–Kier alpha value is -1.44. The Morgan fingerprint density at radius 3 is 2.80 bits per heavy atom. The first-order valence-corrected chi connectivity index (χ1v) is 9.09. The van der Waals surface area contributed by atoms with Crippen molar-refractivity contribution in [2.75, 3.05) is 39.4 Å². The SMILES string of the molecule is O[C@H]1CN(Cc2cccn2-c2ccc(Cl)cn2)C[C@@H]1N1CCOCC1. The van der Waals surface area contributed by atoms with Crippen LogP contribution in [0.5, 0.6) is 0 Å². The van der Waals surface area contributed by atoms with Crippen LogP contribution < -0.4 is 0 Å². The van der Waals surface area contributed by atoms with E-state index in [0.29, 0.717) is 11.6 Å². The van der Waals surface area contributed by atoms with E-state index in [4.69, 9.17) is 16.3 Å². The Kier molecular flexibility index (Phi) is 5.05. The highest BCUT2D eigenvalue weighted by molar-refractivity contribution is 6.30. The highest BCUT2D eigenvalue weighted by Gasteiger charge is 2.36. The summed E-state index contributed by atoms with van der Waals surface area (Å²) in [6.45, 7) is 5.68. The predicted molar refractivity (Wildman–Crippen MR) is 96.0 cm³/mol. The highest BCUT2D eigenvalue weighted by Crippen LogP contribution is 2.21. The van der Waals surface area contributed by atoms with Gasteiger partial charge in [-0.05, 0) is 24.3 Å². The van der Waals surface area contributed by atoms with E-state index in [1.54, 1.807) is 6.20 Å². The van der Waals surface area contributed by atoms with Crippen molar-refractivity contribution in [2.24, 2.45) is 0 Å². The zero-order valence-corrected chi connectivity index (χ0v) is 14.8. The van der Waals surface area contributed by atoms with Crippen LogP contribution in [0.1, 0.15) is 5.69 Å². The molecule has 2 aromatic heterocycles. The maximum Gasteiger partial charge on any atom is 0.136 e. The smallest absolute Gasteiger partial charge is 0.136 e. The molecule has 0 radical (unpaired) electrons. The van der Waals surface area contributed by atoms with Crippen LogP contribution in [0.3, 0.4) is 0 Å². The number of nitrogens with zero attached hydrogens (tertiary/aromatic N) is 4. The summed E-state index contributed by atoms with van der Waals surface area (Å²) in [5.41, 5.74) is 1.16. The Morgan fingerprint density at radius 2 is 2.04 bits per heavy atom. The molecule has 6 nitrogen and oxygen atoms in total. The van der Waals surface area contributed by atoms with E-state index in [1.165, 1.54) is 0 Å². The Bertz CT molecular complexity index is 699. The molecule has 25 heavy (non-hydrogen) atoms. The minimum Gasteiger partial charge on any atom is -0.390 e. The zero-order chi connectivity index (χ0) is 17.2. The largest absolute Gasteiger partial charge is 0.390 e. The monoisotopic (exact) mass is 362 g/mol. The average Bonchev–Trinajstić information content (AvgIpc) is 3.23. The lowest BCUT2D eigenvalue weighted by Gasteiger charge is -2.33. The molecule has 2 aliphatic heterocycles. The number of β-amino-alcohol motifs (C(OH)–C–C–N with tert-alkyl or cyclic N) is 1. The number of halogens is 1. The quantitative estimate of drug-likeness (QED) is 0.891. The molecule has 4 heterocycles. The lowest BCUT2D eigenvalue weighted by molar-refractivity contribution is -0.00618. The third-order valence-corrected chi connectivity index (χ3v) is 5.25. The fraction of sp³-hybridized carbons (Fsp3) is 0.500. The molecule has 7 heteroatoms. The Morgan fingerprint density at radius 1 is 1.20 bits per heavy atom. The molecule has 2 aliphatic rings. The molecule has 0 bridgehead atoms. The van der Waals surface area contributed by atoms with E-state index in [2.05, 4.69) is 25.4 Å². The van der Waals surface area contributed by atoms with Crippen LogP contribution in [0.2, 0.25) is 5.02 Å². The summed E-state index contributed by atoms with van der Waals surface area (Å²) < 4.78 is 7.50. The number of rotatable bonds is 4. The van der Waals surface area contributed by atoms with Crippen molar-refractivity contribution in [1.82, 2.24) is 19.4 Å². The number of ether oxygens (including phenoxy) is 1. The van der Waals surface area contributed by atoms with E-state index < -0.39 is 0 Å². The summed E-state index contributed by atoms with van der Waals surface area (Å²) in [7, 11) is 0. The fourth-order valence-corrected chi connectivity index (χ4v) is 3.86. The van der Waals surface area contributed by atoms with Crippen molar-refractivity contribution in [3.8, 4) is 5.82 Å². The Labute approximate surface area is 152 Å². The molecular weight excluding hydrogens is 340 g/mol. The molecule has 1 N–H and O–H groups in total. The second-order valence-electron chi connectivity index (χ2n) is 6.68. The predicted octanol–water partition coefficient (Wildman–Crippen LogP) is 1.40. The van der Waals surface area contributed by atoms with Gasteiger partial charge in [-0.2, -0.15) is 0 Å². The minimum absolute atomic E-state index is 0.195. The van der Waals surface area contributed by atoms with Crippen molar-refractivity contribution in [3.63, 3.8) is 0 Å². The van der Waals surface area contributed by atoms with Crippen LogP contribution in [0.25, 0.3) is 5.82 Å². The summed E-state index contributed by atoms with van der Waals surface area (Å²) >= 11 is 5.93. The van der Waals surface area contributed by atoms with E-state index in [1.807, 2.05) is 24.4 Å². The van der Waals surface area contributed by atoms with E-state index in [9.17, 15) is 5.11 Å². The topological polar surface area (TPSA) is 53.8 Å². The summed E-state index contributed by atoms with van der Waals surface area (Å²) in [6.07, 6.45) is 3.36. The van der Waals surface area contributed by atoms with Gasteiger partial charge in [0.25, 0.3) is 0 Å². The first-order valence-electron chi connectivity index (χ1n) is 8.71. The summed E-state index contributed by atoms with van der Waals surface area (Å²) in [6, 6.07) is 8.09. The second kappa shape index (κ2) is 7.43. The first-order chi connectivity index (χ1) is 12.2. The maximum absolute atomic E-state index is 10.5. The maximum atomic E-state index is 10.5. The van der Waals surface area contributed by atoms with Gasteiger partial charge >= 0.3 is 0 Å². The number of aliphatic hydroxyl groups is 1.